The highest BCUT2D eigenvalue weighted by Crippen LogP contribution is 2.34. The van der Waals surface area contributed by atoms with Gasteiger partial charge >= 0.3 is 11.9 Å². The Morgan fingerprint density at radius 1 is 1.21 bits per heavy atom. The largest absolute Gasteiger partial charge is 0.423 e. The molecule has 9 nitrogen and oxygen atoms in total. The van der Waals surface area contributed by atoms with Gasteiger partial charge < -0.3 is 18.9 Å². The van der Waals surface area contributed by atoms with Gasteiger partial charge in [0.15, 0.2) is 5.79 Å². The molecule has 1 N–H and O–H groups in total. The summed E-state index contributed by atoms with van der Waals surface area (Å²) in [7, 11) is 1.57. The van der Waals surface area contributed by atoms with Gasteiger partial charge in [-0.15, -0.1) is 6.42 Å². The standard InChI is InChI=1S/C26H30F3N3O6/c1-3-13-36-20-14-22(32-16-19(26(27,28)29)23(33)30-24(32)34)38-21(20)17-37-25(35-2)9-11-31(12-10-25)15-18-7-5-4-6-8-18/h1,4-8,16,20-22H,9-15,17H2,2H3,(H,30,33,34)/t20-,21+,22+/m0/s1. The van der Waals surface area contributed by atoms with E-state index in [-0.39, 0.29) is 19.6 Å². The maximum Gasteiger partial charge on any atom is 0.423 e. The van der Waals surface area contributed by atoms with Gasteiger partial charge in [-0.3, -0.25) is 19.2 Å². The lowest BCUT2D eigenvalue weighted by atomic mass is 10.0. The van der Waals surface area contributed by atoms with E-state index in [1.165, 1.54) is 5.56 Å². The van der Waals surface area contributed by atoms with Crippen molar-refractivity contribution in [1.82, 2.24) is 14.5 Å². The zero-order valence-electron chi connectivity index (χ0n) is 20.9. The summed E-state index contributed by atoms with van der Waals surface area (Å²) in [5, 5.41) is 0. The number of alkyl halides is 3. The van der Waals surface area contributed by atoms with Crippen molar-refractivity contribution in [3.05, 3.63) is 68.5 Å². The normalized spacial score (nSPS) is 23.8. The smallest absolute Gasteiger partial charge is 0.363 e. The number of H-pyrrole nitrogens is 1. The molecule has 0 bridgehead atoms. The lowest BCUT2D eigenvalue weighted by Crippen LogP contribution is -2.48. The number of nitrogens with one attached hydrogen (secondary N) is 1. The Balaban J connectivity index is 1.43. The van der Waals surface area contributed by atoms with Crippen LogP contribution in [0.25, 0.3) is 0 Å². The molecule has 4 rings (SSSR count). The molecule has 12 heteroatoms. The van der Waals surface area contributed by atoms with Crippen molar-refractivity contribution in [2.45, 2.75) is 56.2 Å². The number of hydrogen-bond donors (Lipinski definition) is 1. The SMILES string of the molecule is C#CCO[C@H]1C[C@H](n2cc(C(F)(F)F)c(=O)[nH]c2=O)O[C@@H]1COC1(OC)CCN(Cc2ccccc2)CC1. The van der Waals surface area contributed by atoms with Gasteiger partial charge in [-0.05, 0) is 5.56 Å². The third-order valence-corrected chi connectivity index (χ3v) is 6.89. The quantitative estimate of drug-likeness (QED) is 0.388. The summed E-state index contributed by atoms with van der Waals surface area (Å²) < 4.78 is 64.0. The Morgan fingerprint density at radius 3 is 2.55 bits per heavy atom. The van der Waals surface area contributed by atoms with Crippen molar-refractivity contribution < 1.29 is 32.1 Å². The van der Waals surface area contributed by atoms with Crippen molar-refractivity contribution in [3.8, 4) is 12.3 Å². The maximum absolute atomic E-state index is 13.3. The number of terminal acetylenes is 1. The highest BCUT2D eigenvalue weighted by atomic mass is 19.4. The van der Waals surface area contributed by atoms with Crippen LogP contribution in [0.2, 0.25) is 0 Å². The summed E-state index contributed by atoms with van der Waals surface area (Å²) in [6, 6.07) is 10.1. The fourth-order valence-corrected chi connectivity index (χ4v) is 4.79. The van der Waals surface area contributed by atoms with E-state index in [9.17, 15) is 22.8 Å². The minimum Gasteiger partial charge on any atom is -0.363 e. The van der Waals surface area contributed by atoms with E-state index in [4.69, 9.17) is 25.4 Å². The molecule has 2 saturated heterocycles. The number of piperidine rings is 1. The molecule has 3 atom stereocenters. The van der Waals surface area contributed by atoms with Crippen LogP contribution in [0, 0.1) is 12.3 Å². The van der Waals surface area contributed by atoms with Gasteiger partial charge in [0.05, 0.1) is 12.7 Å². The first kappa shape index (κ1) is 28.1. The Hall–Kier alpha value is -2.95. The van der Waals surface area contributed by atoms with Gasteiger partial charge in [0.25, 0.3) is 5.56 Å². The summed E-state index contributed by atoms with van der Waals surface area (Å²) in [5.74, 6) is 1.48. The highest BCUT2D eigenvalue weighted by molar-refractivity contribution is 5.14. The number of aromatic amines is 1. The third-order valence-electron chi connectivity index (χ3n) is 6.89. The third kappa shape index (κ3) is 6.54. The van der Waals surface area contributed by atoms with Crippen molar-refractivity contribution >= 4 is 0 Å². The van der Waals surface area contributed by atoms with E-state index >= 15 is 0 Å². The molecule has 0 unspecified atom stereocenters. The van der Waals surface area contributed by atoms with E-state index in [0.717, 1.165) is 19.6 Å². The molecule has 0 radical (unpaired) electrons. The lowest BCUT2D eigenvalue weighted by Gasteiger charge is -2.41. The highest BCUT2D eigenvalue weighted by Gasteiger charge is 2.43. The van der Waals surface area contributed by atoms with Crippen LogP contribution in [0.5, 0.6) is 0 Å². The summed E-state index contributed by atoms with van der Waals surface area (Å²) in [5.41, 5.74) is -2.83. The molecular weight excluding hydrogens is 507 g/mol. The van der Waals surface area contributed by atoms with Gasteiger partial charge in [-0.25, -0.2) is 4.79 Å². The minimum absolute atomic E-state index is 0.00248. The fraction of sp³-hybridized carbons (Fsp3) is 0.538. The van der Waals surface area contributed by atoms with Crippen LogP contribution >= 0.6 is 0 Å². The predicted octanol–water partition coefficient (Wildman–Crippen LogP) is 2.52. The number of rotatable bonds is 9. The van der Waals surface area contributed by atoms with E-state index in [1.54, 1.807) is 12.1 Å². The van der Waals surface area contributed by atoms with Crippen molar-refractivity contribution in [2.24, 2.45) is 0 Å². The zero-order chi connectivity index (χ0) is 27.3. The lowest BCUT2D eigenvalue weighted by molar-refractivity contribution is -0.258. The van der Waals surface area contributed by atoms with Crippen molar-refractivity contribution in [2.75, 3.05) is 33.4 Å². The van der Waals surface area contributed by atoms with Gasteiger partial charge in [0.2, 0.25) is 0 Å². The van der Waals surface area contributed by atoms with Crippen LogP contribution in [0.1, 0.15) is 36.6 Å². The number of ether oxygens (including phenoxy) is 4. The Labute approximate surface area is 217 Å². The molecule has 0 spiro atoms. The molecule has 1 aromatic carbocycles. The van der Waals surface area contributed by atoms with Gasteiger partial charge in [0, 0.05) is 52.2 Å². The summed E-state index contributed by atoms with van der Waals surface area (Å²) >= 11 is 0. The van der Waals surface area contributed by atoms with Crippen LogP contribution in [0.15, 0.2) is 46.1 Å². The molecule has 2 aliphatic heterocycles. The van der Waals surface area contributed by atoms with Gasteiger partial charge in [-0.2, -0.15) is 13.2 Å². The summed E-state index contributed by atoms with van der Waals surface area (Å²) in [6.07, 6.45) is -0.459. The Bertz CT molecular complexity index is 1230. The van der Waals surface area contributed by atoms with Crippen molar-refractivity contribution in [3.63, 3.8) is 0 Å². The second-order valence-electron chi connectivity index (χ2n) is 9.31. The summed E-state index contributed by atoms with van der Waals surface area (Å²) in [4.78, 5) is 28.0. The molecule has 1 aromatic heterocycles. The number of benzene rings is 1. The molecule has 2 fully saturated rings. The first-order chi connectivity index (χ1) is 18.1. The van der Waals surface area contributed by atoms with Crippen LogP contribution in [-0.2, 0) is 31.7 Å². The number of methoxy groups -OCH3 is 1. The topological polar surface area (TPSA) is 95.0 Å². The summed E-state index contributed by atoms with van der Waals surface area (Å²) in [6.45, 7) is 2.23. The number of nitrogens with zero attached hydrogens (tertiary/aromatic N) is 2. The first-order valence-electron chi connectivity index (χ1n) is 12.2. The van der Waals surface area contributed by atoms with Crippen molar-refractivity contribution in [1.29, 1.82) is 0 Å². The predicted molar refractivity (Wildman–Crippen MR) is 130 cm³/mol. The average Bonchev–Trinajstić information content (AvgIpc) is 3.29. The van der Waals surface area contributed by atoms with E-state index in [0.29, 0.717) is 23.6 Å². The van der Waals surface area contributed by atoms with Crippen LogP contribution < -0.4 is 11.2 Å². The number of likely N-dealkylation sites (tertiary alicyclic amines) is 1. The maximum atomic E-state index is 13.3. The van der Waals surface area contributed by atoms with Crippen LogP contribution in [-0.4, -0.2) is 65.9 Å². The van der Waals surface area contributed by atoms with Gasteiger partial charge in [0.1, 0.15) is 24.5 Å². The molecule has 0 aliphatic carbocycles. The Morgan fingerprint density at radius 2 is 1.92 bits per heavy atom. The molecule has 38 heavy (non-hydrogen) atoms. The zero-order valence-corrected chi connectivity index (χ0v) is 20.9. The monoisotopic (exact) mass is 537 g/mol. The molecule has 0 saturated carbocycles. The number of aromatic nitrogens is 2. The van der Waals surface area contributed by atoms with E-state index in [2.05, 4.69) is 23.0 Å². The van der Waals surface area contributed by atoms with Crippen LogP contribution in [0.4, 0.5) is 13.2 Å². The average molecular weight is 538 g/mol. The number of hydrogen-bond acceptors (Lipinski definition) is 7. The van der Waals surface area contributed by atoms with E-state index in [1.807, 2.05) is 18.2 Å². The van der Waals surface area contributed by atoms with Crippen LogP contribution in [0.3, 0.4) is 0 Å². The molecule has 2 aromatic rings. The first-order valence-corrected chi connectivity index (χ1v) is 12.2. The molecule has 2 aliphatic rings. The molecule has 0 amide bonds. The number of halogens is 3. The second-order valence-corrected chi connectivity index (χ2v) is 9.31. The van der Waals surface area contributed by atoms with Gasteiger partial charge in [-0.1, -0.05) is 36.3 Å². The van der Waals surface area contributed by atoms with E-state index < -0.39 is 47.2 Å². The molecule has 3 heterocycles. The fourth-order valence-electron chi connectivity index (χ4n) is 4.79. The minimum atomic E-state index is -4.94. The second kappa shape index (κ2) is 11.8. The Kier molecular flexibility index (Phi) is 8.74. The molecule has 206 valence electrons. The molecular formula is C26H30F3N3O6.